The maximum Gasteiger partial charge on any atom is 0.195 e. The van der Waals surface area contributed by atoms with Crippen molar-refractivity contribution in [1.29, 1.82) is 0 Å². The molecule has 7 heteroatoms. The van der Waals surface area contributed by atoms with Crippen LogP contribution in [0.1, 0.15) is 5.69 Å². The molecule has 0 saturated heterocycles. The third-order valence-corrected chi connectivity index (χ3v) is 5.04. The zero-order chi connectivity index (χ0) is 17.1. The number of fused-ring (bicyclic) bond motifs is 1. The highest BCUT2D eigenvalue weighted by Crippen LogP contribution is 2.39. The van der Waals surface area contributed by atoms with E-state index in [9.17, 15) is 0 Å². The van der Waals surface area contributed by atoms with Gasteiger partial charge in [0, 0.05) is 21.7 Å². The maximum atomic E-state index is 6.30. The van der Waals surface area contributed by atoms with Crippen molar-refractivity contribution in [1.82, 2.24) is 15.0 Å². The third-order valence-electron chi connectivity index (χ3n) is 3.56. The lowest BCUT2D eigenvalue weighted by Gasteiger charge is -1.98. The summed E-state index contributed by atoms with van der Waals surface area (Å²) in [6.07, 6.45) is 3.24. The second-order valence-corrected chi connectivity index (χ2v) is 6.68. The van der Waals surface area contributed by atoms with Gasteiger partial charge < -0.3 is 0 Å². The first-order valence-corrected chi connectivity index (χ1v) is 8.77. The molecule has 3 aromatic heterocycles. The lowest BCUT2D eigenvalue weighted by atomic mass is 10.2. The van der Waals surface area contributed by atoms with Crippen LogP contribution in [0.4, 0.5) is 5.82 Å². The van der Waals surface area contributed by atoms with Gasteiger partial charge in [0.15, 0.2) is 5.82 Å². The summed E-state index contributed by atoms with van der Waals surface area (Å²) < 4.78 is 0.891. The van der Waals surface area contributed by atoms with Crippen LogP contribution in [-0.4, -0.2) is 15.0 Å². The van der Waals surface area contributed by atoms with Crippen LogP contribution in [0.3, 0.4) is 0 Å². The molecule has 0 unspecified atom stereocenters. The number of thiophene rings is 1. The van der Waals surface area contributed by atoms with Crippen molar-refractivity contribution < 1.29 is 0 Å². The first-order valence-electron chi connectivity index (χ1n) is 7.58. The molecular formula is C18H12ClN5S. The Kier molecular flexibility index (Phi) is 4.45. The van der Waals surface area contributed by atoms with E-state index >= 15 is 0 Å². The van der Waals surface area contributed by atoms with Gasteiger partial charge in [-0.25, -0.2) is 9.97 Å². The monoisotopic (exact) mass is 365 g/mol. The SMILES string of the molecule is Clc1ccccc1-c1cc2ncnc(N=NCc3ccccn3)c2s1. The fraction of sp³-hybridized carbons (Fsp3) is 0.0556. The van der Waals surface area contributed by atoms with Crippen LogP contribution in [0.2, 0.25) is 5.02 Å². The van der Waals surface area contributed by atoms with Gasteiger partial charge in [-0.05, 0) is 24.3 Å². The number of rotatable bonds is 4. The van der Waals surface area contributed by atoms with Crippen LogP contribution >= 0.6 is 22.9 Å². The summed E-state index contributed by atoms with van der Waals surface area (Å²) in [5, 5.41) is 9.19. The molecule has 122 valence electrons. The van der Waals surface area contributed by atoms with E-state index in [0.29, 0.717) is 17.4 Å². The van der Waals surface area contributed by atoms with Crippen molar-refractivity contribution in [3.8, 4) is 10.4 Å². The van der Waals surface area contributed by atoms with E-state index in [0.717, 1.165) is 26.4 Å². The van der Waals surface area contributed by atoms with Gasteiger partial charge in [-0.15, -0.1) is 16.5 Å². The number of nitrogens with zero attached hydrogens (tertiary/aromatic N) is 5. The van der Waals surface area contributed by atoms with Crippen molar-refractivity contribution in [2.75, 3.05) is 0 Å². The molecule has 0 aliphatic carbocycles. The minimum Gasteiger partial charge on any atom is -0.259 e. The third kappa shape index (κ3) is 3.40. The highest BCUT2D eigenvalue weighted by atomic mass is 35.5. The number of azo groups is 1. The Labute approximate surface area is 153 Å². The fourth-order valence-corrected chi connectivity index (χ4v) is 3.75. The number of hydrogen-bond acceptors (Lipinski definition) is 6. The van der Waals surface area contributed by atoms with Crippen molar-refractivity contribution in [2.24, 2.45) is 10.2 Å². The molecule has 1 aromatic carbocycles. The summed E-state index contributed by atoms with van der Waals surface area (Å²) in [6, 6.07) is 15.5. The number of pyridine rings is 1. The highest BCUT2D eigenvalue weighted by molar-refractivity contribution is 7.22. The Morgan fingerprint density at radius 1 is 1.00 bits per heavy atom. The molecule has 25 heavy (non-hydrogen) atoms. The smallest absolute Gasteiger partial charge is 0.195 e. The number of benzene rings is 1. The van der Waals surface area contributed by atoms with Crippen LogP contribution in [0.25, 0.3) is 20.7 Å². The molecule has 0 atom stereocenters. The van der Waals surface area contributed by atoms with Gasteiger partial charge in [-0.3, -0.25) is 4.98 Å². The van der Waals surface area contributed by atoms with Crippen LogP contribution in [0, 0.1) is 0 Å². The van der Waals surface area contributed by atoms with Gasteiger partial charge in [0.1, 0.15) is 12.9 Å². The zero-order valence-electron chi connectivity index (χ0n) is 13.0. The summed E-state index contributed by atoms with van der Waals surface area (Å²) in [5.41, 5.74) is 2.67. The summed E-state index contributed by atoms with van der Waals surface area (Å²) in [6.45, 7) is 0.412. The molecule has 0 saturated carbocycles. The topological polar surface area (TPSA) is 63.4 Å². The summed E-state index contributed by atoms with van der Waals surface area (Å²) in [7, 11) is 0. The predicted octanol–water partition coefficient (Wildman–Crippen LogP) is 5.69. The van der Waals surface area contributed by atoms with Crippen LogP contribution in [0.5, 0.6) is 0 Å². The largest absolute Gasteiger partial charge is 0.259 e. The molecule has 0 aliphatic rings. The average molecular weight is 366 g/mol. The van der Waals surface area contributed by atoms with Gasteiger partial charge >= 0.3 is 0 Å². The van der Waals surface area contributed by atoms with Crippen molar-refractivity contribution in [3.63, 3.8) is 0 Å². The first-order chi connectivity index (χ1) is 12.3. The fourth-order valence-electron chi connectivity index (χ4n) is 2.37. The van der Waals surface area contributed by atoms with Crippen LogP contribution in [0.15, 0.2) is 71.3 Å². The molecule has 0 radical (unpaired) electrons. The molecule has 4 aromatic rings. The lowest BCUT2D eigenvalue weighted by Crippen LogP contribution is -1.84. The molecule has 0 fully saturated rings. The van der Waals surface area contributed by atoms with Crippen LogP contribution < -0.4 is 0 Å². The predicted molar refractivity (Wildman–Crippen MR) is 100 cm³/mol. The molecule has 3 heterocycles. The van der Waals surface area contributed by atoms with Crippen molar-refractivity contribution in [2.45, 2.75) is 6.54 Å². The van der Waals surface area contributed by atoms with E-state index in [1.807, 2.05) is 48.5 Å². The Hall–Kier alpha value is -2.70. The molecular weight excluding hydrogens is 354 g/mol. The van der Waals surface area contributed by atoms with Gasteiger partial charge in [0.05, 0.1) is 15.9 Å². The minimum atomic E-state index is 0.412. The second kappa shape index (κ2) is 7.04. The van der Waals surface area contributed by atoms with E-state index in [1.54, 1.807) is 17.5 Å². The van der Waals surface area contributed by atoms with E-state index in [2.05, 4.69) is 25.2 Å². The second-order valence-electron chi connectivity index (χ2n) is 5.22. The van der Waals surface area contributed by atoms with E-state index in [1.165, 1.54) is 6.33 Å². The molecule has 0 spiro atoms. The molecule has 5 nitrogen and oxygen atoms in total. The number of halogens is 1. The molecule has 0 amide bonds. The number of aromatic nitrogens is 3. The highest BCUT2D eigenvalue weighted by Gasteiger charge is 2.11. The summed E-state index contributed by atoms with van der Waals surface area (Å²) >= 11 is 7.86. The Balaban J connectivity index is 1.67. The zero-order valence-corrected chi connectivity index (χ0v) is 14.6. The standard InChI is InChI=1S/C18H12ClN5S/c19-14-7-2-1-6-13(14)16-9-15-17(25-16)18(22-11-21-15)24-23-10-12-5-3-4-8-20-12/h1-9,11H,10H2. The van der Waals surface area contributed by atoms with Gasteiger partial charge in [-0.2, -0.15) is 5.11 Å². The first kappa shape index (κ1) is 15.8. The summed E-state index contributed by atoms with van der Waals surface area (Å²) in [4.78, 5) is 13.8. The quantitative estimate of drug-likeness (QED) is 0.436. The average Bonchev–Trinajstić information content (AvgIpc) is 3.08. The van der Waals surface area contributed by atoms with Crippen molar-refractivity contribution in [3.05, 3.63) is 71.8 Å². The Morgan fingerprint density at radius 3 is 2.72 bits per heavy atom. The molecule has 0 bridgehead atoms. The van der Waals surface area contributed by atoms with Crippen LogP contribution in [-0.2, 0) is 6.54 Å². The van der Waals surface area contributed by atoms with Gasteiger partial charge in [0.25, 0.3) is 0 Å². The normalized spacial score (nSPS) is 11.4. The molecule has 0 aliphatic heterocycles. The molecule has 4 rings (SSSR count). The number of hydrogen-bond donors (Lipinski definition) is 0. The van der Waals surface area contributed by atoms with Crippen molar-refractivity contribution >= 4 is 39.0 Å². The lowest BCUT2D eigenvalue weighted by molar-refractivity contribution is 0.908. The van der Waals surface area contributed by atoms with E-state index < -0.39 is 0 Å². The van der Waals surface area contributed by atoms with Gasteiger partial charge in [0.2, 0.25) is 0 Å². The maximum absolute atomic E-state index is 6.30. The Morgan fingerprint density at radius 2 is 1.88 bits per heavy atom. The van der Waals surface area contributed by atoms with Gasteiger partial charge in [-0.1, -0.05) is 35.9 Å². The van der Waals surface area contributed by atoms with E-state index in [4.69, 9.17) is 11.6 Å². The Bertz CT molecular complexity index is 1050. The summed E-state index contributed by atoms with van der Waals surface area (Å²) in [5.74, 6) is 0.559. The molecule has 0 N–H and O–H groups in total. The minimum absolute atomic E-state index is 0.412. The van der Waals surface area contributed by atoms with E-state index in [-0.39, 0.29) is 0 Å².